The molecule has 0 aliphatic carbocycles. The highest BCUT2D eigenvalue weighted by molar-refractivity contribution is 5.77. The van der Waals surface area contributed by atoms with E-state index in [0.29, 0.717) is 5.41 Å². The first-order chi connectivity index (χ1) is 10.7. The number of hydrogen-bond acceptors (Lipinski definition) is 3. The van der Waals surface area contributed by atoms with Crippen molar-refractivity contribution in [2.24, 2.45) is 5.41 Å². The molecule has 0 radical (unpaired) electrons. The Hall–Kier alpha value is -1.55. The zero-order valence-corrected chi connectivity index (χ0v) is 15.2. The minimum Gasteiger partial charge on any atom is -0.484 e. The van der Waals surface area contributed by atoms with Gasteiger partial charge in [0, 0.05) is 32.7 Å². The smallest absolute Gasteiger partial charge is 0.260 e. The monoisotopic (exact) mass is 318 g/mol. The van der Waals surface area contributed by atoms with Crippen LogP contribution in [0.25, 0.3) is 0 Å². The van der Waals surface area contributed by atoms with Crippen molar-refractivity contribution in [3.05, 3.63) is 29.3 Å². The Bertz CT molecular complexity index is 541. The van der Waals surface area contributed by atoms with Crippen molar-refractivity contribution >= 4 is 5.91 Å². The third-order valence-electron chi connectivity index (χ3n) is 4.26. The van der Waals surface area contributed by atoms with E-state index in [2.05, 4.69) is 39.5 Å². The van der Waals surface area contributed by atoms with Gasteiger partial charge in [-0.3, -0.25) is 9.69 Å². The van der Waals surface area contributed by atoms with Crippen molar-refractivity contribution in [1.29, 1.82) is 0 Å². The summed E-state index contributed by atoms with van der Waals surface area (Å²) in [6.45, 7) is 15.6. The Kier molecular flexibility index (Phi) is 5.69. The fourth-order valence-electron chi connectivity index (χ4n) is 2.87. The number of piperazine rings is 1. The number of nitrogens with zero attached hydrogens (tertiary/aromatic N) is 2. The summed E-state index contributed by atoms with van der Waals surface area (Å²) in [7, 11) is 0. The Morgan fingerprint density at radius 1 is 1.09 bits per heavy atom. The summed E-state index contributed by atoms with van der Waals surface area (Å²) in [5.74, 6) is 0.853. The molecule has 1 amide bonds. The summed E-state index contributed by atoms with van der Waals surface area (Å²) in [5, 5.41) is 0. The molecule has 0 saturated carbocycles. The number of carbonyl (C=O) groups excluding carboxylic acids is 1. The molecule has 1 heterocycles. The van der Waals surface area contributed by atoms with Crippen LogP contribution >= 0.6 is 0 Å². The first-order valence-corrected chi connectivity index (χ1v) is 8.45. The molecule has 1 aliphatic rings. The minimum absolute atomic E-state index is 0.0821. The number of rotatable bonds is 4. The van der Waals surface area contributed by atoms with E-state index in [1.54, 1.807) is 0 Å². The van der Waals surface area contributed by atoms with Gasteiger partial charge in [-0.05, 0) is 42.5 Å². The van der Waals surface area contributed by atoms with Gasteiger partial charge in [0.15, 0.2) is 6.61 Å². The lowest BCUT2D eigenvalue weighted by atomic mass is 9.96. The van der Waals surface area contributed by atoms with Crippen LogP contribution in [0.5, 0.6) is 5.75 Å². The maximum Gasteiger partial charge on any atom is 0.260 e. The first kappa shape index (κ1) is 17.8. The van der Waals surface area contributed by atoms with Crippen LogP contribution in [0.1, 0.15) is 31.9 Å². The number of benzene rings is 1. The van der Waals surface area contributed by atoms with Crippen LogP contribution in [0, 0.1) is 19.3 Å². The van der Waals surface area contributed by atoms with E-state index < -0.39 is 0 Å². The zero-order chi connectivity index (χ0) is 17.0. The number of hydrogen-bond donors (Lipinski definition) is 0. The molecule has 0 bridgehead atoms. The van der Waals surface area contributed by atoms with Crippen LogP contribution < -0.4 is 4.74 Å². The Labute approximate surface area is 140 Å². The lowest BCUT2D eigenvalue weighted by Crippen LogP contribution is -2.51. The lowest BCUT2D eigenvalue weighted by molar-refractivity contribution is -0.135. The minimum atomic E-state index is 0.0821. The van der Waals surface area contributed by atoms with Gasteiger partial charge in [0.05, 0.1) is 0 Å². The van der Waals surface area contributed by atoms with Crippen molar-refractivity contribution in [2.75, 3.05) is 39.3 Å². The Balaban J connectivity index is 1.78. The molecular weight excluding hydrogens is 288 g/mol. The molecule has 2 rings (SSSR count). The molecule has 4 heteroatoms. The second-order valence-electron chi connectivity index (χ2n) is 7.75. The largest absolute Gasteiger partial charge is 0.484 e. The highest BCUT2D eigenvalue weighted by Gasteiger charge is 2.24. The van der Waals surface area contributed by atoms with Gasteiger partial charge in [-0.2, -0.15) is 0 Å². The van der Waals surface area contributed by atoms with Gasteiger partial charge >= 0.3 is 0 Å². The molecule has 0 atom stereocenters. The van der Waals surface area contributed by atoms with Crippen LogP contribution in [0.15, 0.2) is 18.2 Å². The quantitative estimate of drug-likeness (QED) is 0.856. The maximum absolute atomic E-state index is 12.3. The van der Waals surface area contributed by atoms with E-state index in [0.717, 1.165) is 38.5 Å². The molecule has 1 aromatic rings. The van der Waals surface area contributed by atoms with Crippen LogP contribution in [-0.2, 0) is 4.79 Å². The van der Waals surface area contributed by atoms with Crippen molar-refractivity contribution in [3.63, 3.8) is 0 Å². The average molecular weight is 318 g/mol. The molecule has 4 nitrogen and oxygen atoms in total. The molecular formula is C19H30N2O2. The number of ether oxygens (including phenoxy) is 1. The summed E-state index contributed by atoms with van der Waals surface area (Å²) in [6.07, 6.45) is 0. The molecule has 1 saturated heterocycles. The molecule has 23 heavy (non-hydrogen) atoms. The number of aryl methyl sites for hydroxylation is 2. The predicted molar refractivity (Wildman–Crippen MR) is 93.9 cm³/mol. The molecule has 1 aromatic carbocycles. The second kappa shape index (κ2) is 7.35. The molecule has 0 unspecified atom stereocenters. The van der Waals surface area contributed by atoms with Crippen LogP contribution in [0.2, 0.25) is 0 Å². The van der Waals surface area contributed by atoms with Crippen molar-refractivity contribution in [1.82, 2.24) is 9.80 Å². The normalized spacial score (nSPS) is 16.5. The molecule has 1 aliphatic heterocycles. The summed E-state index contributed by atoms with van der Waals surface area (Å²) in [5.41, 5.74) is 2.72. The molecule has 0 N–H and O–H groups in total. The molecule has 0 spiro atoms. The Morgan fingerprint density at radius 3 is 2.30 bits per heavy atom. The third-order valence-corrected chi connectivity index (χ3v) is 4.26. The highest BCUT2D eigenvalue weighted by atomic mass is 16.5. The lowest BCUT2D eigenvalue weighted by Gasteiger charge is -2.37. The summed E-state index contributed by atoms with van der Waals surface area (Å²) in [6, 6.07) is 5.95. The second-order valence-corrected chi connectivity index (χ2v) is 7.75. The van der Waals surface area contributed by atoms with Crippen molar-refractivity contribution in [2.45, 2.75) is 34.6 Å². The predicted octanol–water partition coefficient (Wildman–Crippen LogP) is 2.87. The van der Waals surface area contributed by atoms with E-state index in [4.69, 9.17) is 4.74 Å². The van der Waals surface area contributed by atoms with Crippen molar-refractivity contribution < 1.29 is 9.53 Å². The topological polar surface area (TPSA) is 32.8 Å². The fraction of sp³-hybridized carbons (Fsp3) is 0.632. The third kappa shape index (κ3) is 5.54. The average Bonchev–Trinajstić information content (AvgIpc) is 2.47. The highest BCUT2D eigenvalue weighted by Crippen LogP contribution is 2.18. The zero-order valence-electron chi connectivity index (χ0n) is 15.2. The van der Waals surface area contributed by atoms with Crippen LogP contribution in [-0.4, -0.2) is 55.0 Å². The van der Waals surface area contributed by atoms with Gasteiger partial charge in [0.25, 0.3) is 5.91 Å². The van der Waals surface area contributed by atoms with Gasteiger partial charge in [-0.15, -0.1) is 0 Å². The number of carbonyl (C=O) groups is 1. The fourth-order valence-corrected chi connectivity index (χ4v) is 2.87. The molecule has 0 aromatic heterocycles. The maximum atomic E-state index is 12.3. The molecule has 1 fully saturated rings. The van der Waals surface area contributed by atoms with Crippen LogP contribution in [0.4, 0.5) is 0 Å². The van der Waals surface area contributed by atoms with E-state index in [9.17, 15) is 4.79 Å². The van der Waals surface area contributed by atoms with Crippen LogP contribution in [0.3, 0.4) is 0 Å². The standard InChI is InChI=1S/C19H30N2O2/c1-15-6-7-17(12-16(15)2)23-13-18(22)21-10-8-20(9-11-21)14-19(3,4)5/h6-7,12H,8-11,13-14H2,1-5H3. The first-order valence-electron chi connectivity index (χ1n) is 8.45. The van der Waals surface area contributed by atoms with Gasteiger partial charge in [-0.25, -0.2) is 0 Å². The Morgan fingerprint density at radius 2 is 1.74 bits per heavy atom. The molecule has 128 valence electrons. The van der Waals surface area contributed by atoms with Gasteiger partial charge in [0.1, 0.15) is 5.75 Å². The summed E-state index contributed by atoms with van der Waals surface area (Å²) >= 11 is 0. The summed E-state index contributed by atoms with van der Waals surface area (Å²) < 4.78 is 5.66. The SMILES string of the molecule is Cc1ccc(OCC(=O)N2CCN(CC(C)(C)C)CC2)cc1C. The van der Waals surface area contributed by atoms with Crippen molar-refractivity contribution in [3.8, 4) is 5.75 Å². The van der Waals surface area contributed by atoms with E-state index in [1.807, 2.05) is 23.1 Å². The number of amides is 1. The van der Waals surface area contributed by atoms with Gasteiger partial charge < -0.3 is 9.64 Å². The van der Waals surface area contributed by atoms with E-state index in [-0.39, 0.29) is 12.5 Å². The summed E-state index contributed by atoms with van der Waals surface area (Å²) in [4.78, 5) is 16.7. The van der Waals surface area contributed by atoms with E-state index in [1.165, 1.54) is 11.1 Å². The van der Waals surface area contributed by atoms with Gasteiger partial charge in [0.2, 0.25) is 0 Å². The van der Waals surface area contributed by atoms with Gasteiger partial charge in [-0.1, -0.05) is 26.8 Å². The van der Waals surface area contributed by atoms with E-state index >= 15 is 0 Å².